The maximum Gasteiger partial charge on any atom is 0.243 e. The van der Waals surface area contributed by atoms with Gasteiger partial charge in [0.15, 0.2) is 0 Å². The van der Waals surface area contributed by atoms with Crippen molar-refractivity contribution in [2.45, 2.75) is 38.2 Å². The fourth-order valence-corrected chi connectivity index (χ4v) is 4.71. The quantitative estimate of drug-likeness (QED) is 0.651. The minimum absolute atomic E-state index is 0.0899. The summed E-state index contributed by atoms with van der Waals surface area (Å²) in [7, 11) is -3.52. The fourth-order valence-electron chi connectivity index (χ4n) is 2.74. The molecule has 3 N–H and O–H groups in total. The predicted molar refractivity (Wildman–Crippen MR) is 82.5 cm³/mol. The van der Waals surface area contributed by atoms with Crippen molar-refractivity contribution in [3.63, 3.8) is 0 Å². The molecule has 0 aromatic heterocycles. The number of sulfonamides is 1. The van der Waals surface area contributed by atoms with E-state index in [2.05, 4.69) is 5.43 Å². The van der Waals surface area contributed by atoms with Crippen molar-refractivity contribution in [2.24, 2.45) is 5.84 Å². The summed E-state index contributed by atoms with van der Waals surface area (Å²) in [5.74, 6) is 5.40. The lowest BCUT2D eigenvalue weighted by molar-refractivity contribution is 0.0752. The smallest absolute Gasteiger partial charge is 0.243 e. The van der Waals surface area contributed by atoms with Crippen LogP contribution in [0.15, 0.2) is 17.0 Å². The number of nitrogens with two attached hydrogens (primary N) is 1. The van der Waals surface area contributed by atoms with Crippen LogP contribution >= 0.6 is 0 Å². The number of ether oxygens (including phenoxy) is 1. The van der Waals surface area contributed by atoms with Gasteiger partial charge in [0, 0.05) is 25.4 Å². The molecular weight excluding hydrogens is 290 g/mol. The number of nitrogens with one attached hydrogen (secondary N) is 1. The second-order valence-electron chi connectivity index (χ2n) is 5.48. The molecule has 2 rings (SSSR count). The van der Waals surface area contributed by atoms with Crippen LogP contribution in [-0.4, -0.2) is 38.5 Å². The molecule has 21 heavy (non-hydrogen) atoms. The third kappa shape index (κ3) is 3.37. The van der Waals surface area contributed by atoms with Gasteiger partial charge in [-0.15, -0.1) is 0 Å². The molecule has 0 bridgehead atoms. The first-order valence-corrected chi connectivity index (χ1v) is 8.50. The highest BCUT2D eigenvalue weighted by Crippen LogP contribution is 2.28. The first-order valence-electron chi connectivity index (χ1n) is 7.06. The molecule has 1 saturated heterocycles. The highest BCUT2D eigenvalue weighted by Gasteiger charge is 2.30. The highest BCUT2D eigenvalue weighted by molar-refractivity contribution is 7.89. The molecule has 118 valence electrons. The standard InChI is InChI=1S/C14H23N3O3S/c1-10-7-13(16-15)8-11(2)14(10)21(18,19)17-5-4-6-20-12(3)9-17/h7-8,12,16H,4-6,9,15H2,1-3H3. The van der Waals surface area contributed by atoms with Crippen LogP contribution in [0.5, 0.6) is 0 Å². The Bertz CT molecular complexity index is 593. The van der Waals surface area contributed by atoms with E-state index in [9.17, 15) is 8.42 Å². The number of aryl methyl sites for hydroxylation is 2. The molecule has 6 nitrogen and oxygen atoms in total. The van der Waals surface area contributed by atoms with Crippen LogP contribution in [0.4, 0.5) is 5.69 Å². The van der Waals surface area contributed by atoms with E-state index in [1.54, 1.807) is 26.0 Å². The highest BCUT2D eigenvalue weighted by atomic mass is 32.2. The Morgan fingerprint density at radius 3 is 2.52 bits per heavy atom. The molecule has 1 aromatic carbocycles. The van der Waals surface area contributed by atoms with E-state index < -0.39 is 10.0 Å². The van der Waals surface area contributed by atoms with Crippen LogP contribution < -0.4 is 11.3 Å². The van der Waals surface area contributed by atoms with Crippen molar-refractivity contribution >= 4 is 15.7 Å². The first kappa shape index (κ1) is 16.2. The zero-order valence-electron chi connectivity index (χ0n) is 12.7. The third-order valence-corrected chi connectivity index (χ3v) is 5.81. The molecule has 1 fully saturated rings. The number of nitrogen functional groups attached to an aromatic ring is 1. The van der Waals surface area contributed by atoms with E-state index in [4.69, 9.17) is 10.6 Å². The Labute approximate surface area is 126 Å². The summed E-state index contributed by atoms with van der Waals surface area (Å²) < 4.78 is 32.9. The molecule has 1 unspecified atom stereocenters. The van der Waals surface area contributed by atoms with E-state index in [0.717, 1.165) is 0 Å². The SMILES string of the molecule is Cc1cc(NN)cc(C)c1S(=O)(=O)N1CCCOC(C)C1. The van der Waals surface area contributed by atoms with Crippen molar-refractivity contribution < 1.29 is 13.2 Å². The average molecular weight is 313 g/mol. The second-order valence-corrected chi connectivity index (χ2v) is 7.36. The molecule has 0 saturated carbocycles. The monoisotopic (exact) mass is 313 g/mol. The maximum absolute atomic E-state index is 12.9. The molecule has 0 radical (unpaired) electrons. The molecule has 0 aliphatic carbocycles. The van der Waals surface area contributed by atoms with Crippen molar-refractivity contribution in [1.29, 1.82) is 0 Å². The van der Waals surface area contributed by atoms with Gasteiger partial charge < -0.3 is 10.2 Å². The molecule has 1 aromatic rings. The molecule has 0 amide bonds. The van der Waals surface area contributed by atoms with Crippen LogP contribution in [-0.2, 0) is 14.8 Å². The van der Waals surface area contributed by atoms with Gasteiger partial charge in [-0.1, -0.05) is 0 Å². The Morgan fingerprint density at radius 2 is 1.95 bits per heavy atom. The van der Waals surface area contributed by atoms with Gasteiger partial charge in [0.2, 0.25) is 10.0 Å². The number of hydrogen-bond acceptors (Lipinski definition) is 5. The van der Waals surface area contributed by atoms with E-state index in [1.165, 1.54) is 4.31 Å². The van der Waals surface area contributed by atoms with Gasteiger partial charge in [-0.25, -0.2) is 8.42 Å². The zero-order chi connectivity index (χ0) is 15.6. The summed E-state index contributed by atoms with van der Waals surface area (Å²) >= 11 is 0. The van der Waals surface area contributed by atoms with Crippen molar-refractivity contribution in [3.05, 3.63) is 23.3 Å². The lowest BCUT2D eigenvalue weighted by Gasteiger charge is -2.24. The molecule has 1 heterocycles. The largest absolute Gasteiger partial charge is 0.377 e. The Balaban J connectivity index is 2.43. The number of benzene rings is 1. The van der Waals surface area contributed by atoms with Gasteiger partial charge >= 0.3 is 0 Å². The third-order valence-electron chi connectivity index (χ3n) is 3.64. The van der Waals surface area contributed by atoms with Crippen molar-refractivity contribution in [3.8, 4) is 0 Å². The molecule has 1 aliphatic rings. The summed E-state index contributed by atoms with van der Waals surface area (Å²) in [6, 6.07) is 3.50. The Hall–Kier alpha value is -1.15. The summed E-state index contributed by atoms with van der Waals surface area (Å²) in [5, 5.41) is 0. The normalized spacial score (nSPS) is 21.0. The van der Waals surface area contributed by atoms with Crippen LogP contribution in [0.3, 0.4) is 0 Å². The van der Waals surface area contributed by atoms with Crippen molar-refractivity contribution in [2.75, 3.05) is 25.1 Å². The van der Waals surface area contributed by atoms with Gasteiger partial charge in [-0.05, 0) is 50.5 Å². The topological polar surface area (TPSA) is 84.7 Å². The molecule has 1 atom stereocenters. The van der Waals surface area contributed by atoms with Crippen LogP contribution in [0.1, 0.15) is 24.5 Å². The van der Waals surface area contributed by atoms with Gasteiger partial charge in [-0.2, -0.15) is 4.31 Å². The predicted octanol–water partition coefficient (Wildman–Crippen LogP) is 1.39. The minimum Gasteiger partial charge on any atom is -0.377 e. The van der Waals surface area contributed by atoms with Crippen LogP contribution in [0, 0.1) is 13.8 Å². The molecular formula is C14H23N3O3S. The number of hydrogen-bond donors (Lipinski definition) is 2. The number of rotatable bonds is 3. The van der Waals surface area contributed by atoms with Gasteiger partial charge in [0.1, 0.15) is 0 Å². The van der Waals surface area contributed by atoms with Gasteiger partial charge in [0.25, 0.3) is 0 Å². The first-order chi connectivity index (χ1) is 9.86. The lowest BCUT2D eigenvalue weighted by atomic mass is 10.1. The van der Waals surface area contributed by atoms with E-state index in [1.807, 2.05) is 6.92 Å². The average Bonchev–Trinajstić information content (AvgIpc) is 2.62. The van der Waals surface area contributed by atoms with Crippen molar-refractivity contribution in [1.82, 2.24) is 4.31 Å². The van der Waals surface area contributed by atoms with E-state index in [0.29, 0.717) is 47.8 Å². The summed E-state index contributed by atoms with van der Waals surface area (Å²) in [6.45, 7) is 6.95. The van der Waals surface area contributed by atoms with Gasteiger partial charge in [0.05, 0.1) is 11.0 Å². The Kier molecular flexibility index (Phi) is 4.88. The van der Waals surface area contributed by atoms with Crippen LogP contribution in [0.25, 0.3) is 0 Å². The Morgan fingerprint density at radius 1 is 1.33 bits per heavy atom. The maximum atomic E-state index is 12.9. The zero-order valence-corrected chi connectivity index (χ0v) is 13.5. The molecule has 7 heteroatoms. The fraction of sp³-hybridized carbons (Fsp3) is 0.571. The summed E-state index contributed by atoms with van der Waals surface area (Å²) in [4.78, 5) is 0.371. The lowest BCUT2D eigenvalue weighted by Crippen LogP contribution is -2.36. The number of anilines is 1. The molecule has 0 spiro atoms. The number of nitrogens with zero attached hydrogens (tertiary/aromatic N) is 1. The second kappa shape index (κ2) is 6.31. The van der Waals surface area contributed by atoms with Crippen LogP contribution in [0.2, 0.25) is 0 Å². The summed E-state index contributed by atoms with van der Waals surface area (Å²) in [5.41, 5.74) is 4.65. The minimum atomic E-state index is -3.52. The summed E-state index contributed by atoms with van der Waals surface area (Å²) in [6.07, 6.45) is 0.622. The van der Waals surface area contributed by atoms with E-state index >= 15 is 0 Å². The van der Waals surface area contributed by atoms with Gasteiger partial charge in [-0.3, -0.25) is 5.84 Å². The number of hydrazine groups is 1. The van der Waals surface area contributed by atoms with E-state index in [-0.39, 0.29) is 6.10 Å². The molecule has 1 aliphatic heterocycles.